The number of nitrogens with zero attached hydrogens (tertiary/aromatic N) is 2. The fourth-order valence-corrected chi connectivity index (χ4v) is 1.97. The lowest BCUT2D eigenvalue weighted by Crippen LogP contribution is -2.22. The first-order valence-electron chi connectivity index (χ1n) is 7.63. The number of allylic oxidation sites excluding steroid dienone is 1. The summed E-state index contributed by atoms with van der Waals surface area (Å²) in [5.41, 5.74) is 1.27. The number of carbonyl (C=O) groups excluding carboxylic acids is 1. The van der Waals surface area contributed by atoms with E-state index in [1.165, 1.54) is 19.1 Å². The third-order valence-electron chi connectivity index (χ3n) is 3.36. The SMILES string of the molecule is CC(Oc1cccc(C(=O)C=Cc2cnn(C(C)C)c2)c1)C(=O)O. The highest BCUT2D eigenvalue weighted by Crippen LogP contribution is 2.16. The third-order valence-corrected chi connectivity index (χ3v) is 3.36. The van der Waals surface area contributed by atoms with Crippen LogP contribution in [0.15, 0.2) is 42.7 Å². The second-order valence-corrected chi connectivity index (χ2v) is 5.67. The Kier molecular flexibility index (Phi) is 5.52. The molecule has 2 aromatic rings. The van der Waals surface area contributed by atoms with Gasteiger partial charge in [0.15, 0.2) is 11.9 Å². The lowest BCUT2D eigenvalue weighted by atomic mass is 10.1. The minimum Gasteiger partial charge on any atom is -0.479 e. The number of carboxylic acids is 1. The van der Waals surface area contributed by atoms with Crippen molar-refractivity contribution in [2.24, 2.45) is 0 Å². The number of rotatable bonds is 7. The van der Waals surface area contributed by atoms with Crippen LogP contribution in [0.5, 0.6) is 5.75 Å². The normalized spacial score (nSPS) is 12.5. The van der Waals surface area contributed by atoms with Gasteiger partial charge in [-0.25, -0.2) is 4.79 Å². The summed E-state index contributed by atoms with van der Waals surface area (Å²) in [5.74, 6) is -0.911. The van der Waals surface area contributed by atoms with Crippen molar-refractivity contribution in [3.05, 3.63) is 53.9 Å². The van der Waals surface area contributed by atoms with E-state index in [1.807, 2.05) is 24.7 Å². The molecule has 2 rings (SSSR count). The number of hydrogen-bond acceptors (Lipinski definition) is 4. The van der Waals surface area contributed by atoms with E-state index in [4.69, 9.17) is 9.84 Å². The quantitative estimate of drug-likeness (QED) is 0.623. The maximum Gasteiger partial charge on any atom is 0.344 e. The highest BCUT2D eigenvalue weighted by atomic mass is 16.5. The number of hydrogen-bond donors (Lipinski definition) is 1. The molecule has 24 heavy (non-hydrogen) atoms. The molecule has 0 saturated heterocycles. The number of aliphatic carboxylic acids is 1. The largest absolute Gasteiger partial charge is 0.479 e. The van der Waals surface area contributed by atoms with E-state index in [0.29, 0.717) is 11.3 Å². The molecule has 6 nitrogen and oxygen atoms in total. The van der Waals surface area contributed by atoms with Gasteiger partial charge in [0.25, 0.3) is 0 Å². The van der Waals surface area contributed by atoms with Crippen LogP contribution in [0, 0.1) is 0 Å². The number of carboxylic acid groups (broad SMARTS) is 1. The maximum atomic E-state index is 12.2. The van der Waals surface area contributed by atoms with E-state index in [2.05, 4.69) is 5.10 Å². The van der Waals surface area contributed by atoms with E-state index in [-0.39, 0.29) is 11.8 Å². The highest BCUT2D eigenvalue weighted by molar-refractivity contribution is 6.07. The monoisotopic (exact) mass is 328 g/mol. The zero-order valence-corrected chi connectivity index (χ0v) is 13.8. The third kappa shape index (κ3) is 4.55. The van der Waals surface area contributed by atoms with Gasteiger partial charge in [-0.15, -0.1) is 0 Å². The van der Waals surface area contributed by atoms with Gasteiger partial charge in [0.2, 0.25) is 0 Å². The average Bonchev–Trinajstić information content (AvgIpc) is 3.02. The number of ketones is 1. The van der Waals surface area contributed by atoms with Gasteiger partial charge in [0, 0.05) is 23.4 Å². The second-order valence-electron chi connectivity index (χ2n) is 5.67. The molecule has 126 valence electrons. The molecule has 0 bridgehead atoms. The molecule has 0 radical (unpaired) electrons. The van der Waals surface area contributed by atoms with Crippen LogP contribution >= 0.6 is 0 Å². The summed E-state index contributed by atoms with van der Waals surface area (Å²) in [5, 5.41) is 13.1. The molecule has 0 fully saturated rings. The molecule has 1 unspecified atom stereocenters. The molecule has 0 aliphatic heterocycles. The predicted octanol–water partition coefficient (Wildman–Crippen LogP) is 3.21. The van der Waals surface area contributed by atoms with Gasteiger partial charge in [0.1, 0.15) is 5.75 Å². The summed E-state index contributed by atoms with van der Waals surface area (Å²) in [4.78, 5) is 23.1. The Bertz CT molecular complexity index is 762. The molecule has 0 saturated carbocycles. The van der Waals surface area contributed by atoms with Crippen LogP contribution in [-0.4, -0.2) is 32.7 Å². The van der Waals surface area contributed by atoms with Crippen LogP contribution in [0.1, 0.15) is 42.7 Å². The van der Waals surface area contributed by atoms with Crippen LogP contribution < -0.4 is 4.74 Å². The van der Waals surface area contributed by atoms with Crippen molar-refractivity contribution >= 4 is 17.8 Å². The molecular weight excluding hydrogens is 308 g/mol. The van der Waals surface area contributed by atoms with E-state index in [0.717, 1.165) is 5.56 Å². The van der Waals surface area contributed by atoms with Crippen molar-refractivity contribution in [1.29, 1.82) is 0 Å². The van der Waals surface area contributed by atoms with Crippen molar-refractivity contribution in [1.82, 2.24) is 9.78 Å². The van der Waals surface area contributed by atoms with Gasteiger partial charge in [-0.05, 0) is 45.1 Å². The maximum absolute atomic E-state index is 12.2. The number of benzene rings is 1. The van der Waals surface area contributed by atoms with Crippen molar-refractivity contribution < 1.29 is 19.4 Å². The summed E-state index contributed by atoms with van der Waals surface area (Å²) in [6, 6.07) is 6.72. The molecule has 0 aliphatic rings. The zero-order chi connectivity index (χ0) is 17.7. The lowest BCUT2D eigenvalue weighted by molar-refractivity contribution is -0.144. The van der Waals surface area contributed by atoms with Crippen LogP contribution in [0.3, 0.4) is 0 Å². The van der Waals surface area contributed by atoms with Crippen molar-refractivity contribution in [2.45, 2.75) is 32.9 Å². The standard InChI is InChI=1S/C18H20N2O4/c1-12(2)20-11-14(10-19-20)7-8-17(21)15-5-4-6-16(9-15)24-13(3)18(22)23/h4-13H,1-3H3,(H,22,23). The van der Waals surface area contributed by atoms with Crippen LogP contribution in [0.2, 0.25) is 0 Å². The van der Waals surface area contributed by atoms with E-state index >= 15 is 0 Å². The summed E-state index contributed by atoms with van der Waals surface area (Å²) >= 11 is 0. The Hall–Kier alpha value is -2.89. The molecule has 0 amide bonds. The number of carbonyl (C=O) groups is 2. The van der Waals surface area contributed by atoms with Gasteiger partial charge < -0.3 is 9.84 Å². The van der Waals surface area contributed by atoms with E-state index in [1.54, 1.807) is 30.5 Å². The molecule has 1 N–H and O–H groups in total. The van der Waals surface area contributed by atoms with Crippen molar-refractivity contribution in [3.8, 4) is 5.75 Å². The molecule has 1 atom stereocenters. The molecule has 1 heterocycles. The summed E-state index contributed by atoms with van der Waals surface area (Å²) in [7, 11) is 0. The van der Waals surface area contributed by atoms with Gasteiger partial charge in [0.05, 0.1) is 6.20 Å². The Morgan fingerprint density at radius 3 is 2.67 bits per heavy atom. The Morgan fingerprint density at radius 1 is 1.29 bits per heavy atom. The first kappa shape index (κ1) is 17.5. The van der Waals surface area contributed by atoms with Gasteiger partial charge in [-0.3, -0.25) is 9.48 Å². The Balaban J connectivity index is 2.08. The Morgan fingerprint density at radius 2 is 2.04 bits per heavy atom. The van der Waals surface area contributed by atoms with Gasteiger partial charge in [-0.2, -0.15) is 5.10 Å². The number of ether oxygens (including phenoxy) is 1. The summed E-state index contributed by atoms with van der Waals surface area (Å²) in [6.45, 7) is 5.48. The van der Waals surface area contributed by atoms with Crippen molar-refractivity contribution in [3.63, 3.8) is 0 Å². The summed E-state index contributed by atoms with van der Waals surface area (Å²) < 4.78 is 7.08. The molecule has 0 aliphatic carbocycles. The first-order valence-corrected chi connectivity index (χ1v) is 7.63. The minimum atomic E-state index is -1.06. The molecule has 6 heteroatoms. The molecule has 0 spiro atoms. The second kappa shape index (κ2) is 7.59. The molecule has 1 aromatic heterocycles. The smallest absolute Gasteiger partial charge is 0.344 e. The number of aromatic nitrogens is 2. The van der Waals surface area contributed by atoms with Gasteiger partial charge in [-0.1, -0.05) is 12.1 Å². The molecule has 1 aromatic carbocycles. The molecular formula is C18H20N2O4. The lowest BCUT2D eigenvalue weighted by Gasteiger charge is -2.10. The van der Waals surface area contributed by atoms with E-state index in [9.17, 15) is 9.59 Å². The minimum absolute atomic E-state index is 0.194. The highest BCUT2D eigenvalue weighted by Gasteiger charge is 2.13. The van der Waals surface area contributed by atoms with Crippen molar-refractivity contribution in [2.75, 3.05) is 0 Å². The Labute approximate surface area is 140 Å². The topological polar surface area (TPSA) is 81.4 Å². The van der Waals surface area contributed by atoms with Crippen LogP contribution in [0.25, 0.3) is 6.08 Å². The fraction of sp³-hybridized carbons (Fsp3) is 0.278. The zero-order valence-electron chi connectivity index (χ0n) is 13.8. The fourth-order valence-electron chi connectivity index (χ4n) is 1.97. The first-order chi connectivity index (χ1) is 11.4. The van der Waals surface area contributed by atoms with Crippen LogP contribution in [-0.2, 0) is 4.79 Å². The predicted molar refractivity (Wildman–Crippen MR) is 90.1 cm³/mol. The van der Waals surface area contributed by atoms with E-state index < -0.39 is 12.1 Å². The van der Waals surface area contributed by atoms with Crippen LogP contribution in [0.4, 0.5) is 0 Å². The van der Waals surface area contributed by atoms with Gasteiger partial charge >= 0.3 is 5.97 Å². The summed E-state index contributed by atoms with van der Waals surface area (Å²) in [6.07, 6.45) is 5.73. The average molecular weight is 328 g/mol.